The second-order valence-electron chi connectivity index (χ2n) is 7.24. The van der Waals surface area contributed by atoms with E-state index < -0.39 is 10.0 Å². The number of carbonyl (C=O) groups is 1. The number of fused-ring (bicyclic) bond motifs is 1. The Morgan fingerprint density at radius 3 is 2.31 bits per heavy atom. The van der Waals surface area contributed by atoms with Crippen molar-refractivity contribution in [2.24, 2.45) is 0 Å². The van der Waals surface area contributed by atoms with Crippen LogP contribution in [0, 0.1) is 0 Å². The Morgan fingerprint density at radius 1 is 0.969 bits per heavy atom. The van der Waals surface area contributed by atoms with Gasteiger partial charge in [0.1, 0.15) is 17.1 Å². The number of methoxy groups -OCH3 is 1. The number of benzene rings is 3. The van der Waals surface area contributed by atoms with Crippen molar-refractivity contribution in [3.8, 4) is 5.75 Å². The normalized spacial score (nSPS) is 12.3. The van der Waals surface area contributed by atoms with Gasteiger partial charge in [-0.05, 0) is 67.6 Å². The zero-order valence-corrected chi connectivity index (χ0v) is 18.3. The average molecular weight is 451 g/mol. The molecule has 1 heterocycles. The van der Waals surface area contributed by atoms with Gasteiger partial charge >= 0.3 is 0 Å². The number of rotatable bonds is 7. The molecule has 164 valence electrons. The number of amides is 1. The minimum atomic E-state index is -3.79. The van der Waals surface area contributed by atoms with Crippen molar-refractivity contribution < 1.29 is 22.4 Å². The van der Waals surface area contributed by atoms with E-state index in [1.54, 1.807) is 24.3 Å². The summed E-state index contributed by atoms with van der Waals surface area (Å²) in [5.41, 5.74) is 1.51. The van der Waals surface area contributed by atoms with E-state index in [-0.39, 0.29) is 16.8 Å². The predicted molar refractivity (Wildman–Crippen MR) is 122 cm³/mol. The number of anilines is 1. The first-order valence-electron chi connectivity index (χ1n) is 9.92. The van der Waals surface area contributed by atoms with Gasteiger partial charge in [0.25, 0.3) is 15.9 Å². The number of carbonyl (C=O) groups excluding carboxylic acids is 1. The van der Waals surface area contributed by atoms with Gasteiger partial charge in [0.2, 0.25) is 0 Å². The maximum absolute atomic E-state index is 12.6. The summed E-state index contributed by atoms with van der Waals surface area (Å²) in [7, 11) is -2.26. The Kier molecular flexibility index (Phi) is 5.87. The van der Waals surface area contributed by atoms with Gasteiger partial charge in [0, 0.05) is 16.6 Å². The van der Waals surface area contributed by atoms with E-state index in [0.717, 1.165) is 11.0 Å². The summed E-state index contributed by atoms with van der Waals surface area (Å²) in [6, 6.07) is 21.4. The third-order valence-electron chi connectivity index (χ3n) is 4.99. The fourth-order valence-corrected chi connectivity index (χ4v) is 4.28. The topological polar surface area (TPSA) is 97.6 Å². The Labute approximate surface area is 186 Å². The van der Waals surface area contributed by atoms with Gasteiger partial charge in [0.05, 0.1) is 18.0 Å². The SMILES string of the molecule is COc1ccc(NS(=O)(=O)c2ccc(C(=O)NC(C)c3cc4ccccc4o3)cc2)cc1. The zero-order valence-electron chi connectivity index (χ0n) is 17.5. The van der Waals surface area contributed by atoms with Crippen LogP contribution in [-0.4, -0.2) is 21.4 Å². The van der Waals surface area contributed by atoms with Gasteiger partial charge in [-0.1, -0.05) is 18.2 Å². The van der Waals surface area contributed by atoms with Crippen LogP contribution >= 0.6 is 0 Å². The molecule has 4 rings (SSSR count). The highest BCUT2D eigenvalue weighted by Crippen LogP contribution is 2.24. The molecule has 4 aromatic rings. The number of furan rings is 1. The fourth-order valence-electron chi connectivity index (χ4n) is 3.23. The molecule has 0 saturated carbocycles. The van der Waals surface area contributed by atoms with Crippen LogP contribution in [0.4, 0.5) is 5.69 Å². The lowest BCUT2D eigenvalue weighted by molar-refractivity contribution is 0.0935. The van der Waals surface area contributed by atoms with Crippen LogP contribution in [0.1, 0.15) is 29.1 Å². The molecule has 0 aliphatic carbocycles. The molecule has 0 saturated heterocycles. The smallest absolute Gasteiger partial charge is 0.261 e. The maximum atomic E-state index is 12.6. The largest absolute Gasteiger partial charge is 0.497 e. The number of para-hydroxylation sites is 1. The molecule has 0 bridgehead atoms. The highest BCUT2D eigenvalue weighted by atomic mass is 32.2. The summed E-state index contributed by atoms with van der Waals surface area (Å²) in [5, 5.41) is 3.83. The van der Waals surface area contributed by atoms with Crippen LogP contribution in [0.25, 0.3) is 11.0 Å². The third-order valence-corrected chi connectivity index (χ3v) is 6.39. The quantitative estimate of drug-likeness (QED) is 0.424. The predicted octanol–water partition coefficient (Wildman–Crippen LogP) is 4.73. The van der Waals surface area contributed by atoms with Crippen molar-refractivity contribution >= 4 is 32.6 Å². The van der Waals surface area contributed by atoms with Gasteiger partial charge in [-0.2, -0.15) is 0 Å². The lowest BCUT2D eigenvalue weighted by Crippen LogP contribution is -2.26. The van der Waals surface area contributed by atoms with E-state index in [1.165, 1.54) is 31.4 Å². The van der Waals surface area contributed by atoms with E-state index >= 15 is 0 Å². The summed E-state index contributed by atoms with van der Waals surface area (Å²) in [5.74, 6) is 0.938. The molecule has 0 spiro atoms. The average Bonchev–Trinajstić information content (AvgIpc) is 3.24. The van der Waals surface area contributed by atoms with E-state index in [9.17, 15) is 13.2 Å². The summed E-state index contributed by atoms with van der Waals surface area (Å²) < 4.78 is 38.6. The van der Waals surface area contributed by atoms with Crippen molar-refractivity contribution in [3.63, 3.8) is 0 Å². The minimum Gasteiger partial charge on any atom is -0.497 e. The molecule has 1 atom stereocenters. The van der Waals surface area contributed by atoms with Gasteiger partial charge in [0.15, 0.2) is 0 Å². The minimum absolute atomic E-state index is 0.0511. The number of hydrogen-bond donors (Lipinski definition) is 2. The van der Waals surface area contributed by atoms with Crippen molar-refractivity contribution in [2.75, 3.05) is 11.8 Å². The van der Waals surface area contributed by atoms with E-state index in [4.69, 9.17) is 9.15 Å². The van der Waals surface area contributed by atoms with Crippen LogP contribution in [-0.2, 0) is 10.0 Å². The molecule has 2 N–H and O–H groups in total. The molecule has 32 heavy (non-hydrogen) atoms. The summed E-state index contributed by atoms with van der Waals surface area (Å²) in [4.78, 5) is 12.7. The first-order valence-corrected chi connectivity index (χ1v) is 11.4. The summed E-state index contributed by atoms with van der Waals surface area (Å²) in [6.45, 7) is 1.83. The molecule has 7 nitrogen and oxygen atoms in total. The lowest BCUT2D eigenvalue weighted by Gasteiger charge is -2.12. The Bertz CT molecular complexity index is 1310. The van der Waals surface area contributed by atoms with E-state index in [0.29, 0.717) is 22.8 Å². The van der Waals surface area contributed by atoms with Crippen molar-refractivity contribution in [2.45, 2.75) is 17.9 Å². The number of hydrogen-bond acceptors (Lipinski definition) is 5. The number of sulfonamides is 1. The van der Waals surface area contributed by atoms with Gasteiger partial charge in [-0.15, -0.1) is 0 Å². The standard InChI is InChI=1S/C24H22N2O5S/c1-16(23-15-18-5-3-4-6-22(18)31-23)25-24(27)17-7-13-21(14-8-17)32(28,29)26-19-9-11-20(30-2)12-10-19/h3-16,26H,1-2H3,(H,25,27). The highest BCUT2D eigenvalue weighted by Gasteiger charge is 2.18. The summed E-state index contributed by atoms with van der Waals surface area (Å²) >= 11 is 0. The highest BCUT2D eigenvalue weighted by molar-refractivity contribution is 7.92. The summed E-state index contributed by atoms with van der Waals surface area (Å²) in [6.07, 6.45) is 0. The Morgan fingerprint density at radius 2 is 1.66 bits per heavy atom. The molecule has 1 amide bonds. The first-order chi connectivity index (χ1) is 15.4. The van der Waals surface area contributed by atoms with Gasteiger partial charge < -0.3 is 14.5 Å². The van der Waals surface area contributed by atoms with Crippen LogP contribution in [0.5, 0.6) is 5.75 Å². The fraction of sp³-hybridized carbons (Fsp3) is 0.125. The van der Waals surface area contributed by atoms with E-state index in [2.05, 4.69) is 10.0 Å². The van der Waals surface area contributed by atoms with Gasteiger partial charge in [-0.3, -0.25) is 9.52 Å². The van der Waals surface area contributed by atoms with Crippen molar-refractivity contribution in [3.05, 3.63) is 90.2 Å². The van der Waals surface area contributed by atoms with Crippen LogP contribution in [0.3, 0.4) is 0 Å². The number of nitrogens with one attached hydrogen (secondary N) is 2. The van der Waals surface area contributed by atoms with Crippen LogP contribution in [0.15, 0.2) is 88.2 Å². The second-order valence-corrected chi connectivity index (χ2v) is 8.92. The van der Waals surface area contributed by atoms with Crippen LogP contribution in [0.2, 0.25) is 0 Å². The Balaban J connectivity index is 1.44. The lowest BCUT2D eigenvalue weighted by atomic mass is 10.1. The molecule has 1 aromatic heterocycles. The molecular formula is C24H22N2O5S. The van der Waals surface area contributed by atoms with Crippen molar-refractivity contribution in [1.82, 2.24) is 5.32 Å². The molecule has 0 aliphatic heterocycles. The first kappa shape index (κ1) is 21.5. The third kappa shape index (κ3) is 4.60. The molecular weight excluding hydrogens is 428 g/mol. The molecule has 0 aliphatic rings. The van der Waals surface area contributed by atoms with Crippen LogP contribution < -0.4 is 14.8 Å². The second kappa shape index (κ2) is 8.76. The molecule has 0 fully saturated rings. The monoisotopic (exact) mass is 450 g/mol. The molecule has 3 aromatic carbocycles. The van der Waals surface area contributed by atoms with Crippen molar-refractivity contribution in [1.29, 1.82) is 0 Å². The zero-order chi connectivity index (χ0) is 22.7. The maximum Gasteiger partial charge on any atom is 0.261 e. The van der Waals surface area contributed by atoms with E-state index in [1.807, 2.05) is 37.3 Å². The molecule has 8 heteroatoms. The molecule has 0 radical (unpaired) electrons. The molecule has 1 unspecified atom stereocenters. The Hall–Kier alpha value is -3.78. The number of ether oxygens (including phenoxy) is 1. The van der Waals surface area contributed by atoms with Gasteiger partial charge in [-0.25, -0.2) is 8.42 Å².